The topological polar surface area (TPSA) is 30.9 Å². The smallest absolute Gasteiger partial charge is 0.193 e. The first-order chi connectivity index (χ1) is 8.69. The number of aliphatic imine (C=N–C) groups is 1. The van der Waals surface area contributed by atoms with Crippen molar-refractivity contribution >= 4 is 5.96 Å². The summed E-state index contributed by atoms with van der Waals surface area (Å²) in [5.74, 6) is 2.69. The van der Waals surface area contributed by atoms with Gasteiger partial charge in [0.05, 0.1) is 0 Å². The third-order valence-corrected chi connectivity index (χ3v) is 4.21. The van der Waals surface area contributed by atoms with Crippen LogP contribution >= 0.6 is 0 Å². The highest BCUT2D eigenvalue weighted by Gasteiger charge is 2.22. The number of rotatable bonds is 2. The first-order valence-electron chi connectivity index (χ1n) is 7.33. The highest BCUT2D eigenvalue weighted by Crippen LogP contribution is 2.16. The Balaban J connectivity index is 1.78. The van der Waals surface area contributed by atoms with Crippen molar-refractivity contribution in [3.05, 3.63) is 0 Å². The molecule has 2 saturated heterocycles. The lowest BCUT2D eigenvalue weighted by Gasteiger charge is -2.33. The van der Waals surface area contributed by atoms with Gasteiger partial charge in [-0.25, -0.2) is 0 Å². The molecule has 1 N–H and O–H groups in total. The van der Waals surface area contributed by atoms with Crippen molar-refractivity contribution in [1.29, 1.82) is 0 Å². The summed E-state index contributed by atoms with van der Waals surface area (Å²) >= 11 is 0. The minimum absolute atomic E-state index is 0.786. The standard InChI is InChI=1S/C14H28N4/c1-12-5-4-7-18(10-12)14(15-2)16-9-13-6-8-17(3)11-13/h12-13H,4-11H2,1-3H3,(H,15,16). The molecule has 2 aliphatic rings. The molecule has 0 spiro atoms. The Morgan fingerprint density at radius 2 is 2.11 bits per heavy atom. The fourth-order valence-electron chi connectivity index (χ4n) is 3.14. The molecule has 2 atom stereocenters. The van der Waals surface area contributed by atoms with Crippen LogP contribution in [-0.4, -0.2) is 62.6 Å². The highest BCUT2D eigenvalue weighted by molar-refractivity contribution is 5.79. The van der Waals surface area contributed by atoms with Gasteiger partial charge in [-0.2, -0.15) is 0 Å². The van der Waals surface area contributed by atoms with Gasteiger partial charge in [-0.15, -0.1) is 0 Å². The van der Waals surface area contributed by atoms with E-state index in [4.69, 9.17) is 0 Å². The van der Waals surface area contributed by atoms with Crippen molar-refractivity contribution in [2.75, 3.05) is 46.8 Å². The van der Waals surface area contributed by atoms with Crippen molar-refractivity contribution in [3.8, 4) is 0 Å². The molecule has 2 unspecified atom stereocenters. The molecule has 2 heterocycles. The monoisotopic (exact) mass is 252 g/mol. The second-order valence-corrected chi connectivity index (χ2v) is 6.04. The van der Waals surface area contributed by atoms with E-state index in [9.17, 15) is 0 Å². The Morgan fingerprint density at radius 3 is 2.72 bits per heavy atom. The summed E-state index contributed by atoms with van der Waals surface area (Å²) in [5.41, 5.74) is 0. The van der Waals surface area contributed by atoms with Gasteiger partial charge >= 0.3 is 0 Å². The van der Waals surface area contributed by atoms with Crippen LogP contribution in [-0.2, 0) is 0 Å². The molecule has 0 aromatic carbocycles. The van der Waals surface area contributed by atoms with Gasteiger partial charge in [-0.05, 0) is 44.7 Å². The van der Waals surface area contributed by atoms with Crippen molar-refractivity contribution in [2.24, 2.45) is 16.8 Å². The van der Waals surface area contributed by atoms with E-state index >= 15 is 0 Å². The predicted octanol–water partition coefficient (Wildman–Crippen LogP) is 1.25. The van der Waals surface area contributed by atoms with E-state index in [1.165, 1.54) is 32.4 Å². The minimum atomic E-state index is 0.786. The number of hydrogen-bond donors (Lipinski definition) is 1. The third kappa shape index (κ3) is 3.61. The average molecular weight is 252 g/mol. The SMILES string of the molecule is CN=C(NCC1CCN(C)C1)N1CCCC(C)C1. The fourth-order valence-corrected chi connectivity index (χ4v) is 3.14. The molecule has 0 aliphatic carbocycles. The van der Waals surface area contributed by atoms with Gasteiger partial charge in [0.1, 0.15) is 0 Å². The molecule has 4 nitrogen and oxygen atoms in total. The van der Waals surface area contributed by atoms with Crippen LogP contribution in [0.15, 0.2) is 4.99 Å². The molecule has 0 aromatic rings. The number of hydrogen-bond acceptors (Lipinski definition) is 2. The van der Waals surface area contributed by atoms with E-state index in [-0.39, 0.29) is 0 Å². The lowest BCUT2D eigenvalue weighted by molar-refractivity contribution is 0.264. The number of piperidine rings is 1. The van der Waals surface area contributed by atoms with Crippen LogP contribution in [0.1, 0.15) is 26.2 Å². The van der Waals surface area contributed by atoms with Crippen molar-refractivity contribution in [1.82, 2.24) is 15.1 Å². The molecule has 0 amide bonds. The van der Waals surface area contributed by atoms with Crippen molar-refractivity contribution in [3.63, 3.8) is 0 Å². The highest BCUT2D eigenvalue weighted by atomic mass is 15.3. The summed E-state index contributed by atoms with van der Waals surface area (Å²) in [6.07, 6.45) is 3.98. The molecule has 2 fully saturated rings. The van der Waals surface area contributed by atoms with Gasteiger partial charge in [0, 0.05) is 33.2 Å². The predicted molar refractivity (Wildman–Crippen MR) is 76.9 cm³/mol. The van der Waals surface area contributed by atoms with E-state index < -0.39 is 0 Å². The first-order valence-corrected chi connectivity index (χ1v) is 7.33. The number of guanidine groups is 1. The molecular weight excluding hydrogens is 224 g/mol. The van der Waals surface area contributed by atoms with Gasteiger partial charge in [0.15, 0.2) is 5.96 Å². The quantitative estimate of drug-likeness (QED) is 0.593. The van der Waals surface area contributed by atoms with Gasteiger partial charge in [0.2, 0.25) is 0 Å². The van der Waals surface area contributed by atoms with Crippen molar-refractivity contribution < 1.29 is 0 Å². The molecule has 104 valence electrons. The average Bonchev–Trinajstić information content (AvgIpc) is 2.76. The van der Waals surface area contributed by atoms with Crippen molar-refractivity contribution in [2.45, 2.75) is 26.2 Å². The minimum Gasteiger partial charge on any atom is -0.356 e. The summed E-state index contributed by atoms with van der Waals surface area (Å²) in [6.45, 7) is 8.19. The largest absolute Gasteiger partial charge is 0.356 e. The normalized spacial score (nSPS) is 30.8. The van der Waals surface area contributed by atoms with E-state index in [2.05, 4.69) is 34.1 Å². The lowest BCUT2D eigenvalue weighted by atomic mass is 10.0. The maximum absolute atomic E-state index is 4.44. The Kier molecular flexibility index (Phi) is 4.87. The molecule has 4 heteroatoms. The molecule has 0 saturated carbocycles. The van der Waals surface area contributed by atoms with Crippen LogP contribution in [0.5, 0.6) is 0 Å². The van der Waals surface area contributed by atoms with Crippen LogP contribution in [0.4, 0.5) is 0 Å². The van der Waals surface area contributed by atoms with Gasteiger partial charge in [-0.3, -0.25) is 4.99 Å². The van der Waals surface area contributed by atoms with Crippen LogP contribution in [0.3, 0.4) is 0 Å². The molecule has 2 rings (SSSR count). The zero-order valence-corrected chi connectivity index (χ0v) is 12.2. The number of likely N-dealkylation sites (tertiary alicyclic amines) is 2. The Hall–Kier alpha value is -0.770. The first kappa shape index (κ1) is 13.7. The van der Waals surface area contributed by atoms with Gasteiger partial charge < -0.3 is 15.1 Å². The second-order valence-electron chi connectivity index (χ2n) is 6.04. The zero-order valence-electron chi connectivity index (χ0n) is 12.2. The van der Waals surface area contributed by atoms with E-state index in [0.717, 1.165) is 37.4 Å². The van der Waals surface area contributed by atoms with E-state index in [1.807, 2.05) is 7.05 Å². The summed E-state index contributed by atoms with van der Waals surface area (Å²) < 4.78 is 0. The molecule has 2 aliphatic heterocycles. The molecular formula is C14H28N4. The fraction of sp³-hybridized carbons (Fsp3) is 0.929. The summed E-state index contributed by atoms with van der Waals surface area (Å²) in [6, 6.07) is 0. The van der Waals surface area contributed by atoms with Gasteiger partial charge in [0.25, 0.3) is 0 Å². The summed E-state index contributed by atoms with van der Waals surface area (Å²) in [4.78, 5) is 9.28. The summed E-state index contributed by atoms with van der Waals surface area (Å²) in [5, 5.41) is 3.57. The van der Waals surface area contributed by atoms with Crippen LogP contribution in [0.2, 0.25) is 0 Å². The Morgan fingerprint density at radius 1 is 1.28 bits per heavy atom. The van der Waals surface area contributed by atoms with Crippen LogP contribution in [0, 0.1) is 11.8 Å². The molecule has 0 aromatic heterocycles. The Labute approximate surface area is 111 Å². The second kappa shape index (κ2) is 6.41. The van der Waals surface area contributed by atoms with E-state index in [0.29, 0.717) is 0 Å². The van der Waals surface area contributed by atoms with Crippen LogP contribution in [0.25, 0.3) is 0 Å². The third-order valence-electron chi connectivity index (χ3n) is 4.21. The maximum Gasteiger partial charge on any atom is 0.193 e. The number of nitrogens with zero attached hydrogens (tertiary/aromatic N) is 3. The van der Waals surface area contributed by atoms with Crippen LogP contribution < -0.4 is 5.32 Å². The molecule has 18 heavy (non-hydrogen) atoms. The Bertz CT molecular complexity index is 290. The number of nitrogens with one attached hydrogen (secondary N) is 1. The maximum atomic E-state index is 4.44. The van der Waals surface area contributed by atoms with Gasteiger partial charge in [-0.1, -0.05) is 6.92 Å². The molecule has 0 radical (unpaired) electrons. The lowest BCUT2D eigenvalue weighted by Crippen LogP contribution is -2.47. The van der Waals surface area contributed by atoms with E-state index in [1.54, 1.807) is 0 Å². The zero-order chi connectivity index (χ0) is 13.0. The summed E-state index contributed by atoms with van der Waals surface area (Å²) in [7, 11) is 4.11. The molecule has 0 bridgehead atoms.